The summed E-state index contributed by atoms with van der Waals surface area (Å²) >= 11 is 0. The highest BCUT2D eigenvalue weighted by Gasteiger charge is 2.63. The van der Waals surface area contributed by atoms with Gasteiger partial charge in [0.2, 0.25) is 0 Å². The maximum Gasteiger partial charge on any atom is 0.429 e. The van der Waals surface area contributed by atoms with Crippen LogP contribution in [0.2, 0.25) is 25.7 Å². The van der Waals surface area contributed by atoms with E-state index in [2.05, 4.69) is 24.6 Å². The number of benzene rings is 2. The van der Waals surface area contributed by atoms with Gasteiger partial charge in [0.15, 0.2) is 5.82 Å². The number of fused-ring (bicyclic) bond motifs is 1. The Morgan fingerprint density at radius 1 is 1.08 bits per heavy atom. The molecule has 0 saturated carbocycles. The number of nitrogens with zero attached hydrogens (tertiary/aromatic N) is 3. The van der Waals surface area contributed by atoms with Crippen molar-refractivity contribution in [1.82, 2.24) is 9.55 Å². The van der Waals surface area contributed by atoms with Gasteiger partial charge in [-0.05, 0) is 55.3 Å². The minimum absolute atomic E-state index is 0.0441. The predicted molar refractivity (Wildman–Crippen MR) is 135 cm³/mol. The number of rotatable bonds is 9. The molecule has 10 heteroatoms. The summed E-state index contributed by atoms with van der Waals surface area (Å²) in [6.07, 6.45) is -4.91. The van der Waals surface area contributed by atoms with Crippen LogP contribution in [0.3, 0.4) is 0 Å². The minimum atomic E-state index is -4.91. The molecule has 2 aromatic carbocycles. The third-order valence-electron chi connectivity index (χ3n) is 6.13. The first-order valence-corrected chi connectivity index (χ1v) is 15.3. The molecule has 6 nitrogen and oxygen atoms in total. The van der Waals surface area contributed by atoms with Gasteiger partial charge in [-0.3, -0.25) is 0 Å². The van der Waals surface area contributed by atoms with Crippen molar-refractivity contribution in [1.29, 1.82) is 5.26 Å². The number of methoxy groups -OCH3 is 2. The fourth-order valence-electron chi connectivity index (χ4n) is 4.36. The Morgan fingerprint density at radius 3 is 2.33 bits per heavy atom. The van der Waals surface area contributed by atoms with Crippen LogP contribution < -0.4 is 4.74 Å². The van der Waals surface area contributed by atoms with Crippen molar-refractivity contribution in [2.45, 2.75) is 58.0 Å². The van der Waals surface area contributed by atoms with Crippen LogP contribution in [-0.4, -0.2) is 44.6 Å². The van der Waals surface area contributed by atoms with Crippen LogP contribution in [0.1, 0.15) is 28.1 Å². The van der Waals surface area contributed by atoms with E-state index in [0.717, 1.165) is 18.7 Å². The Balaban J connectivity index is 2.34. The van der Waals surface area contributed by atoms with E-state index in [1.165, 1.54) is 17.7 Å². The molecule has 0 fully saturated rings. The Labute approximate surface area is 210 Å². The lowest BCUT2D eigenvalue weighted by molar-refractivity contribution is -0.263. The topological polar surface area (TPSA) is 69.3 Å². The highest BCUT2D eigenvalue weighted by atomic mass is 28.3. The molecule has 0 N–H and O–H groups in total. The van der Waals surface area contributed by atoms with E-state index < -0.39 is 19.9 Å². The van der Waals surface area contributed by atoms with Crippen molar-refractivity contribution >= 4 is 19.1 Å². The maximum absolute atomic E-state index is 15.2. The molecule has 0 bridgehead atoms. The molecule has 1 atom stereocenters. The molecule has 3 rings (SSSR count). The molecular weight excluding hydrogens is 487 g/mol. The minimum Gasteiger partial charge on any atom is -0.496 e. The molecule has 194 valence electrons. The van der Waals surface area contributed by atoms with Gasteiger partial charge in [0.05, 0.1) is 29.8 Å². The van der Waals surface area contributed by atoms with E-state index in [9.17, 15) is 5.26 Å². The third kappa shape index (κ3) is 5.14. The lowest BCUT2D eigenvalue weighted by atomic mass is 9.86. The molecule has 0 radical (unpaired) electrons. The number of hydrogen-bond acceptors (Lipinski definition) is 5. The van der Waals surface area contributed by atoms with Crippen molar-refractivity contribution in [3.8, 4) is 11.8 Å². The molecule has 0 aliphatic carbocycles. The number of ether oxygens (including phenoxy) is 3. The van der Waals surface area contributed by atoms with Gasteiger partial charge < -0.3 is 18.8 Å². The molecule has 3 aromatic rings. The summed E-state index contributed by atoms with van der Waals surface area (Å²) in [7, 11) is 0.929. The van der Waals surface area contributed by atoms with E-state index in [1.807, 2.05) is 6.07 Å². The number of imidazole rings is 1. The second-order valence-electron chi connectivity index (χ2n) is 10.1. The van der Waals surface area contributed by atoms with E-state index in [1.54, 1.807) is 38.1 Å². The highest BCUT2D eigenvalue weighted by molar-refractivity contribution is 6.76. The van der Waals surface area contributed by atoms with E-state index in [4.69, 9.17) is 14.2 Å². The lowest BCUT2D eigenvalue weighted by Gasteiger charge is -2.36. The summed E-state index contributed by atoms with van der Waals surface area (Å²) in [6.45, 7) is 10.2. The molecule has 0 amide bonds. The zero-order valence-electron chi connectivity index (χ0n) is 21.7. The van der Waals surface area contributed by atoms with Crippen LogP contribution in [0.15, 0.2) is 30.3 Å². The van der Waals surface area contributed by atoms with Gasteiger partial charge in [-0.15, -0.1) is 0 Å². The lowest BCUT2D eigenvalue weighted by Crippen LogP contribution is -2.48. The quantitative estimate of drug-likeness (QED) is 0.245. The summed E-state index contributed by atoms with van der Waals surface area (Å²) in [5.41, 5.74) is -1.09. The molecule has 1 unspecified atom stereocenters. The smallest absolute Gasteiger partial charge is 0.429 e. The van der Waals surface area contributed by atoms with Gasteiger partial charge in [-0.1, -0.05) is 25.7 Å². The van der Waals surface area contributed by atoms with Gasteiger partial charge in [0.1, 0.15) is 12.5 Å². The number of aromatic nitrogens is 2. The van der Waals surface area contributed by atoms with E-state index in [-0.39, 0.29) is 34.9 Å². The molecule has 36 heavy (non-hydrogen) atoms. The summed E-state index contributed by atoms with van der Waals surface area (Å²) in [6, 6.07) is 10.7. The SMILES string of the molecule is COc1cc(C)cc(C)c1C(OC)(c1nc2cc(C#N)ccc2n1COCC[Si](C)(C)C)C(F)(F)F. The fourth-order valence-corrected chi connectivity index (χ4v) is 5.12. The Morgan fingerprint density at radius 2 is 1.78 bits per heavy atom. The molecule has 1 aromatic heterocycles. The molecular formula is C26H32F3N3O3Si. The zero-order valence-corrected chi connectivity index (χ0v) is 22.7. The van der Waals surface area contributed by atoms with Gasteiger partial charge in [0.25, 0.3) is 5.60 Å². The number of halogens is 3. The first kappa shape index (κ1) is 27.7. The van der Waals surface area contributed by atoms with Crippen molar-refractivity contribution < 1.29 is 27.4 Å². The van der Waals surface area contributed by atoms with Crippen LogP contribution in [-0.2, 0) is 21.8 Å². The standard InChI is InChI=1S/C26H32F3N3O3Si/c1-17-12-18(2)23(22(13-17)33-3)25(34-4,26(27,28)29)24-31-20-14-19(15-30)8-9-21(20)32(24)16-35-10-11-36(5,6)7/h8-9,12-14H,10-11,16H2,1-7H3. The summed E-state index contributed by atoms with van der Waals surface area (Å²) in [5, 5.41) is 9.34. The molecule has 0 saturated heterocycles. The van der Waals surface area contributed by atoms with Crippen LogP contribution >= 0.6 is 0 Å². The largest absolute Gasteiger partial charge is 0.496 e. The predicted octanol–water partition coefficient (Wildman–Crippen LogP) is 6.30. The molecule has 0 aliphatic heterocycles. The van der Waals surface area contributed by atoms with Crippen LogP contribution in [0.25, 0.3) is 11.0 Å². The van der Waals surface area contributed by atoms with E-state index >= 15 is 13.2 Å². The highest BCUT2D eigenvalue weighted by Crippen LogP contribution is 2.51. The molecule has 0 spiro atoms. The summed E-state index contributed by atoms with van der Waals surface area (Å²) in [4.78, 5) is 4.41. The van der Waals surface area contributed by atoms with Crippen molar-refractivity contribution in [2.24, 2.45) is 0 Å². The van der Waals surface area contributed by atoms with Crippen LogP contribution in [0, 0.1) is 25.2 Å². The van der Waals surface area contributed by atoms with Crippen molar-refractivity contribution in [2.75, 3.05) is 20.8 Å². The van der Waals surface area contributed by atoms with E-state index in [0.29, 0.717) is 17.7 Å². The van der Waals surface area contributed by atoms with Gasteiger partial charge in [-0.2, -0.15) is 18.4 Å². The summed E-state index contributed by atoms with van der Waals surface area (Å²) in [5.74, 6) is -0.344. The second kappa shape index (κ2) is 10.2. The first-order valence-electron chi connectivity index (χ1n) is 11.5. The van der Waals surface area contributed by atoms with Crippen molar-refractivity contribution in [3.05, 3.63) is 58.4 Å². The monoisotopic (exact) mass is 519 g/mol. The van der Waals surface area contributed by atoms with Crippen molar-refractivity contribution in [3.63, 3.8) is 0 Å². The molecule has 0 aliphatic rings. The fraction of sp³-hybridized carbons (Fsp3) is 0.462. The average molecular weight is 520 g/mol. The second-order valence-corrected chi connectivity index (χ2v) is 15.7. The Kier molecular flexibility index (Phi) is 7.88. The summed E-state index contributed by atoms with van der Waals surface area (Å²) < 4.78 is 63.8. The Bertz CT molecular complexity index is 1290. The van der Waals surface area contributed by atoms with Gasteiger partial charge in [-0.25, -0.2) is 4.98 Å². The average Bonchev–Trinajstić information content (AvgIpc) is 3.14. The molecule has 1 heterocycles. The number of hydrogen-bond donors (Lipinski definition) is 0. The normalized spacial score (nSPS) is 14.0. The van der Waals surface area contributed by atoms with Gasteiger partial charge in [0, 0.05) is 27.4 Å². The third-order valence-corrected chi connectivity index (χ3v) is 7.83. The first-order chi connectivity index (χ1) is 16.8. The van der Waals surface area contributed by atoms with Crippen LogP contribution in [0.4, 0.5) is 13.2 Å². The number of aryl methyl sites for hydroxylation is 2. The van der Waals surface area contributed by atoms with Crippen LogP contribution in [0.5, 0.6) is 5.75 Å². The van der Waals surface area contributed by atoms with Gasteiger partial charge >= 0.3 is 6.18 Å². The Hall–Kier alpha value is -2.87. The zero-order chi connectivity index (χ0) is 26.9. The maximum atomic E-state index is 15.2. The number of nitriles is 1. The number of alkyl halides is 3.